The number of pyridine rings is 2. The molecule has 1 aliphatic heterocycles. The van der Waals surface area contributed by atoms with Crippen LogP contribution in [-0.2, 0) is 4.79 Å². The average molecular weight is 336 g/mol. The van der Waals surface area contributed by atoms with Crippen LogP contribution in [0.3, 0.4) is 0 Å². The van der Waals surface area contributed by atoms with Crippen molar-refractivity contribution in [3.63, 3.8) is 0 Å². The second-order valence-corrected chi connectivity index (χ2v) is 6.14. The topological polar surface area (TPSA) is 58.5 Å². The first-order valence-corrected chi connectivity index (χ1v) is 8.24. The molecule has 0 spiro atoms. The van der Waals surface area contributed by atoms with Crippen LogP contribution in [0.4, 0.5) is 5.82 Å². The van der Waals surface area contributed by atoms with Crippen molar-refractivity contribution < 1.29 is 4.79 Å². The Bertz CT molecular complexity index is 830. The maximum Gasteiger partial charge on any atom is 0.267 e. The SMILES string of the molecule is C=CCN1C(=O)/C(=C/c2ccncc2)S/C1=N/c1cccc(C)n1. The second-order valence-electron chi connectivity index (χ2n) is 5.13. The monoisotopic (exact) mass is 336 g/mol. The molecular weight excluding hydrogens is 320 g/mol. The molecule has 1 aliphatic rings. The van der Waals surface area contributed by atoms with Crippen LogP contribution in [0.15, 0.2) is 65.3 Å². The first kappa shape index (κ1) is 16.1. The van der Waals surface area contributed by atoms with Crippen molar-refractivity contribution in [2.45, 2.75) is 6.92 Å². The van der Waals surface area contributed by atoms with E-state index in [0.29, 0.717) is 22.4 Å². The highest BCUT2D eigenvalue weighted by atomic mass is 32.2. The van der Waals surface area contributed by atoms with Crippen LogP contribution in [0, 0.1) is 6.92 Å². The standard InChI is InChI=1S/C18H16N4OS/c1-3-11-22-17(23)15(12-14-7-9-19-10-8-14)24-18(22)21-16-6-4-5-13(2)20-16/h3-10,12H,1,11H2,2H3/b15-12-,21-18+. The van der Waals surface area contributed by atoms with E-state index < -0.39 is 0 Å². The number of thioether (sulfide) groups is 1. The largest absolute Gasteiger partial charge is 0.282 e. The molecular formula is C18H16N4OS. The number of carbonyl (C=O) groups is 1. The summed E-state index contributed by atoms with van der Waals surface area (Å²) in [6.07, 6.45) is 6.93. The fourth-order valence-electron chi connectivity index (χ4n) is 2.18. The van der Waals surface area contributed by atoms with E-state index in [2.05, 4.69) is 21.5 Å². The van der Waals surface area contributed by atoms with E-state index in [4.69, 9.17) is 0 Å². The van der Waals surface area contributed by atoms with E-state index in [9.17, 15) is 4.79 Å². The summed E-state index contributed by atoms with van der Waals surface area (Å²) in [7, 11) is 0. The predicted molar refractivity (Wildman–Crippen MR) is 97.8 cm³/mol. The fourth-order valence-corrected chi connectivity index (χ4v) is 3.18. The summed E-state index contributed by atoms with van der Waals surface area (Å²) in [6, 6.07) is 9.34. The predicted octanol–water partition coefficient (Wildman–Crippen LogP) is 3.58. The number of hydrogen-bond acceptors (Lipinski definition) is 5. The Morgan fingerprint density at radius 1 is 1.29 bits per heavy atom. The number of amidine groups is 1. The molecule has 2 aromatic heterocycles. The number of hydrogen-bond donors (Lipinski definition) is 0. The van der Waals surface area contributed by atoms with Crippen molar-refractivity contribution >= 4 is 34.7 Å². The lowest BCUT2D eigenvalue weighted by molar-refractivity contribution is -0.121. The molecule has 0 radical (unpaired) electrons. The van der Waals surface area contributed by atoms with Crippen LogP contribution in [-0.4, -0.2) is 32.5 Å². The zero-order valence-electron chi connectivity index (χ0n) is 13.2. The summed E-state index contributed by atoms with van der Waals surface area (Å²) in [5, 5.41) is 0.610. The highest BCUT2D eigenvalue weighted by Gasteiger charge is 2.32. The lowest BCUT2D eigenvalue weighted by Gasteiger charge is -2.12. The molecule has 0 bridgehead atoms. The smallest absolute Gasteiger partial charge is 0.267 e. The Morgan fingerprint density at radius 3 is 2.79 bits per heavy atom. The summed E-state index contributed by atoms with van der Waals surface area (Å²) in [5.74, 6) is 0.507. The van der Waals surface area contributed by atoms with Gasteiger partial charge in [-0.15, -0.1) is 6.58 Å². The number of aromatic nitrogens is 2. The van der Waals surface area contributed by atoms with Crippen molar-refractivity contribution in [1.29, 1.82) is 0 Å². The van der Waals surface area contributed by atoms with E-state index in [1.165, 1.54) is 11.8 Å². The molecule has 1 saturated heterocycles. The van der Waals surface area contributed by atoms with Gasteiger partial charge >= 0.3 is 0 Å². The van der Waals surface area contributed by atoms with Crippen molar-refractivity contribution in [3.05, 3.63) is 71.5 Å². The molecule has 3 rings (SSSR count). The summed E-state index contributed by atoms with van der Waals surface area (Å²) < 4.78 is 0. The summed E-state index contributed by atoms with van der Waals surface area (Å²) in [4.78, 5) is 27.8. The zero-order chi connectivity index (χ0) is 16.9. The van der Waals surface area contributed by atoms with E-state index in [1.807, 2.05) is 43.3 Å². The maximum absolute atomic E-state index is 12.6. The van der Waals surface area contributed by atoms with Crippen LogP contribution >= 0.6 is 11.8 Å². The van der Waals surface area contributed by atoms with Gasteiger partial charge in [-0.05, 0) is 54.6 Å². The lowest BCUT2D eigenvalue weighted by atomic mass is 10.2. The van der Waals surface area contributed by atoms with E-state index >= 15 is 0 Å². The van der Waals surface area contributed by atoms with E-state index in [1.54, 1.807) is 23.4 Å². The lowest BCUT2D eigenvalue weighted by Crippen LogP contribution is -2.29. The molecule has 0 aromatic carbocycles. The Morgan fingerprint density at radius 2 is 2.08 bits per heavy atom. The highest BCUT2D eigenvalue weighted by Crippen LogP contribution is 2.33. The quantitative estimate of drug-likeness (QED) is 0.632. The minimum absolute atomic E-state index is 0.0804. The van der Waals surface area contributed by atoms with Gasteiger partial charge in [0.05, 0.1) is 4.91 Å². The molecule has 3 heterocycles. The number of amides is 1. The number of aliphatic imine (C=N–C) groups is 1. The van der Waals surface area contributed by atoms with Crippen molar-refractivity contribution in [2.24, 2.45) is 4.99 Å². The van der Waals surface area contributed by atoms with Gasteiger partial charge in [-0.25, -0.2) is 9.98 Å². The summed E-state index contributed by atoms with van der Waals surface area (Å²) in [5.41, 5.74) is 1.81. The fraction of sp³-hybridized carbons (Fsp3) is 0.111. The van der Waals surface area contributed by atoms with Crippen LogP contribution in [0.5, 0.6) is 0 Å². The van der Waals surface area contributed by atoms with Gasteiger partial charge in [-0.3, -0.25) is 14.7 Å². The number of rotatable bonds is 4. The van der Waals surface area contributed by atoms with Crippen molar-refractivity contribution in [2.75, 3.05) is 6.54 Å². The Hall–Kier alpha value is -2.73. The van der Waals surface area contributed by atoms with Gasteiger partial charge in [0.25, 0.3) is 5.91 Å². The van der Waals surface area contributed by atoms with Gasteiger partial charge in [0.1, 0.15) is 0 Å². The average Bonchev–Trinajstić information content (AvgIpc) is 2.85. The van der Waals surface area contributed by atoms with Gasteiger partial charge in [0, 0.05) is 24.6 Å². The molecule has 6 heteroatoms. The Labute approximate surface area is 144 Å². The van der Waals surface area contributed by atoms with Gasteiger partial charge in [-0.1, -0.05) is 12.1 Å². The minimum Gasteiger partial charge on any atom is -0.282 e. The van der Waals surface area contributed by atoms with Crippen LogP contribution in [0.25, 0.3) is 6.08 Å². The molecule has 24 heavy (non-hydrogen) atoms. The van der Waals surface area contributed by atoms with Crippen molar-refractivity contribution in [3.8, 4) is 0 Å². The molecule has 5 nitrogen and oxygen atoms in total. The third-order valence-electron chi connectivity index (χ3n) is 3.29. The maximum atomic E-state index is 12.6. The normalized spacial score (nSPS) is 17.7. The molecule has 0 N–H and O–H groups in total. The van der Waals surface area contributed by atoms with Crippen LogP contribution in [0.1, 0.15) is 11.3 Å². The zero-order valence-corrected chi connectivity index (χ0v) is 14.0. The third-order valence-corrected chi connectivity index (χ3v) is 4.29. The first-order chi connectivity index (χ1) is 11.7. The Kier molecular flexibility index (Phi) is 4.86. The molecule has 120 valence electrons. The summed E-state index contributed by atoms with van der Waals surface area (Å²) >= 11 is 1.34. The second kappa shape index (κ2) is 7.23. The molecule has 1 fully saturated rings. The molecule has 0 atom stereocenters. The molecule has 2 aromatic rings. The van der Waals surface area contributed by atoms with Crippen LogP contribution in [0.2, 0.25) is 0 Å². The molecule has 0 saturated carbocycles. The minimum atomic E-state index is -0.0804. The first-order valence-electron chi connectivity index (χ1n) is 7.42. The van der Waals surface area contributed by atoms with Crippen molar-refractivity contribution in [1.82, 2.24) is 14.9 Å². The number of nitrogens with zero attached hydrogens (tertiary/aromatic N) is 4. The van der Waals surface area contributed by atoms with Gasteiger partial charge in [0.2, 0.25) is 0 Å². The van der Waals surface area contributed by atoms with E-state index in [-0.39, 0.29) is 5.91 Å². The van der Waals surface area contributed by atoms with Gasteiger partial charge < -0.3 is 0 Å². The van der Waals surface area contributed by atoms with Crippen LogP contribution < -0.4 is 0 Å². The Balaban J connectivity index is 1.95. The third kappa shape index (κ3) is 3.60. The molecule has 0 aliphatic carbocycles. The van der Waals surface area contributed by atoms with Gasteiger partial charge in [0.15, 0.2) is 11.0 Å². The molecule has 1 amide bonds. The summed E-state index contributed by atoms with van der Waals surface area (Å²) in [6.45, 7) is 6.04. The number of carbonyl (C=O) groups excluding carboxylic acids is 1. The molecule has 0 unspecified atom stereocenters. The van der Waals surface area contributed by atoms with Gasteiger partial charge in [-0.2, -0.15) is 0 Å². The number of aryl methyl sites for hydroxylation is 1. The van der Waals surface area contributed by atoms with E-state index in [0.717, 1.165) is 11.3 Å². The highest BCUT2D eigenvalue weighted by molar-refractivity contribution is 8.18.